The topological polar surface area (TPSA) is 108 Å². The van der Waals surface area contributed by atoms with Crippen molar-refractivity contribution in [2.45, 2.75) is 26.3 Å². The lowest BCUT2D eigenvalue weighted by Crippen LogP contribution is -2.33. The van der Waals surface area contributed by atoms with Crippen molar-refractivity contribution in [3.05, 3.63) is 92.1 Å². The summed E-state index contributed by atoms with van der Waals surface area (Å²) in [6.07, 6.45) is 0.228. The molecule has 1 aliphatic rings. The molecule has 152 valence electrons. The highest BCUT2D eigenvalue weighted by atomic mass is 16.3. The number of H-pyrrole nitrogens is 1. The summed E-state index contributed by atoms with van der Waals surface area (Å²) in [5, 5.41) is 16.6. The summed E-state index contributed by atoms with van der Waals surface area (Å²) in [6.45, 7) is 3.18. The maximum absolute atomic E-state index is 12.6. The Labute approximate surface area is 171 Å². The Balaban J connectivity index is 1.87. The van der Waals surface area contributed by atoms with Crippen molar-refractivity contribution >= 4 is 11.6 Å². The van der Waals surface area contributed by atoms with Crippen LogP contribution >= 0.6 is 0 Å². The number of nitrogens with zero attached hydrogens (tertiary/aromatic N) is 3. The van der Waals surface area contributed by atoms with Gasteiger partial charge in [0.1, 0.15) is 5.56 Å². The van der Waals surface area contributed by atoms with E-state index in [1.54, 1.807) is 25.1 Å². The normalized spacial score (nSPS) is 15.9. The number of hydrazone groups is 1. The second-order valence-electron chi connectivity index (χ2n) is 7.12. The molecule has 8 nitrogen and oxygen atoms in total. The van der Waals surface area contributed by atoms with Gasteiger partial charge in [-0.1, -0.05) is 48.5 Å². The van der Waals surface area contributed by atoms with Crippen LogP contribution in [0.25, 0.3) is 5.69 Å². The number of hydrogen-bond donors (Lipinski definition) is 2. The van der Waals surface area contributed by atoms with Gasteiger partial charge in [-0.15, -0.1) is 0 Å². The van der Waals surface area contributed by atoms with Crippen LogP contribution in [0.2, 0.25) is 0 Å². The first-order valence-corrected chi connectivity index (χ1v) is 9.45. The van der Waals surface area contributed by atoms with Gasteiger partial charge in [-0.3, -0.25) is 14.6 Å². The molecule has 3 aromatic rings. The van der Waals surface area contributed by atoms with Gasteiger partial charge in [0.15, 0.2) is 0 Å². The second-order valence-corrected chi connectivity index (χ2v) is 7.12. The largest absolute Gasteiger partial charge is 0.493 e. The number of amides is 1. The van der Waals surface area contributed by atoms with Crippen molar-refractivity contribution in [2.75, 3.05) is 0 Å². The molecule has 0 unspecified atom stereocenters. The highest BCUT2D eigenvalue weighted by Crippen LogP contribution is 2.33. The van der Waals surface area contributed by atoms with Crippen molar-refractivity contribution in [3.8, 4) is 11.6 Å². The number of hydrogen-bond acceptors (Lipinski definition) is 5. The molecule has 1 aliphatic heterocycles. The van der Waals surface area contributed by atoms with Crippen LogP contribution in [0.4, 0.5) is 0 Å². The average Bonchev–Trinajstić information content (AvgIpc) is 3.15. The Kier molecular flexibility index (Phi) is 4.83. The molecule has 8 heteroatoms. The number of para-hydroxylation sites is 1. The summed E-state index contributed by atoms with van der Waals surface area (Å²) in [6, 6.07) is 15.9. The number of nitrogens with one attached hydrogen (secondary N) is 1. The van der Waals surface area contributed by atoms with Crippen molar-refractivity contribution in [1.29, 1.82) is 0 Å². The summed E-state index contributed by atoms with van der Waals surface area (Å²) < 4.78 is 1.04. The summed E-state index contributed by atoms with van der Waals surface area (Å²) in [5.41, 5.74) is 0.653. The third-order valence-corrected chi connectivity index (χ3v) is 5.15. The van der Waals surface area contributed by atoms with Crippen LogP contribution in [0.5, 0.6) is 5.88 Å². The molecule has 0 radical (unpaired) electrons. The number of aromatic nitrogens is 2. The molecule has 0 fully saturated rings. The molecule has 0 aliphatic carbocycles. The van der Waals surface area contributed by atoms with Gasteiger partial charge in [0.05, 0.1) is 17.4 Å². The van der Waals surface area contributed by atoms with Crippen molar-refractivity contribution < 1.29 is 9.90 Å². The SMILES string of the molecule is CC(=O)N1N=C(c2c(O)n(-c3ccccc3C)c(=O)[nH]c2=O)C[C@@H]1c1ccccc1. The van der Waals surface area contributed by atoms with Gasteiger partial charge in [0, 0.05) is 13.3 Å². The first-order chi connectivity index (χ1) is 14.4. The number of aromatic hydroxyl groups is 1. The quantitative estimate of drug-likeness (QED) is 0.698. The highest BCUT2D eigenvalue weighted by molar-refractivity contribution is 6.04. The van der Waals surface area contributed by atoms with E-state index in [9.17, 15) is 19.5 Å². The maximum atomic E-state index is 12.6. The van der Waals surface area contributed by atoms with Crippen LogP contribution in [0.1, 0.15) is 36.1 Å². The predicted molar refractivity (Wildman–Crippen MR) is 112 cm³/mol. The van der Waals surface area contributed by atoms with Gasteiger partial charge in [-0.25, -0.2) is 14.4 Å². The fourth-order valence-electron chi connectivity index (χ4n) is 3.71. The molecule has 0 saturated carbocycles. The van der Waals surface area contributed by atoms with Gasteiger partial charge in [-0.05, 0) is 24.1 Å². The van der Waals surface area contributed by atoms with Crippen LogP contribution in [0.15, 0.2) is 69.3 Å². The van der Waals surface area contributed by atoms with Crippen LogP contribution in [-0.2, 0) is 4.79 Å². The van der Waals surface area contributed by atoms with E-state index in [2.05, 4.69) is 10.1 Å². The van der Waals surface area contributed by atoms with Gasteiger partial charge in [0.2, 0.25) is 11.8 Å². The molecule has 1 amide bonds. The van der Waals surface area contributed by atoms with Crippen LogP contribution in [-0.4, -0.2) is 31.3 Å². The van der Waals surface area contributed by atoms with Crippen molar-refractivity contribution in [3.63, 3.8) is 0 Å². The first-order valence-electron chi connectivity index (χ1n) is 9.45. The summed E-state index contributed by atoms with van der Waals surface area (Å²) in [5.74, 6) is -0.795. The lowest BCUT2D eigenvalue weighted by Gasteiger charge is -2.20. The minimum atomic E-state index is -0.753. The molecule has 2 aromatic carbocycles. The summed E-state index contributed by atoms with van der Waals surface area (Å²) in [7, 11) is 0. The zero-order valence-corrected chi connectivity index (χ0v) is 16.5. The maximum Gasteiger partial charge on any atom is 0.335 e. The van der Waals surface area contributed by atoms with E-state index in [4.69, 9.17) is 0 Å². The predicted octanol–water partition coefficient (Wildman–Crippen LogP) is 2.24. The molecule has 1 atom stereocenters. The third-order valence-electron chi connectivity index (χ3n) is 5.15. The molecular weight excluding hydrogens is 384 g/mol. The van der Waals surface area contributed by atoms with Gasteiger partial charge in [-0.2, -0.15) is 5.10 Å². The molecule has 1 aromatic heterocycles. The molecular formula is C22H20N4O4. The fraction of sp³-hybridized carbons (Fsp3) is 0.182. The minimum absolute atomic E-state index is 0.123. The minimum Gasteiger partial charge on any atom is -0.493 e. The van der Waals surface area contributed by atoms with E-state index >= 15 is 0 Å². The molecule has 2 N–H and O–H groups in total. The lowest BCUT2D eigenvalue weighted by atomic mass is 9.99. The molecule has 0 saturated heterocycles. The smallest absolute Gasteiger partial charge is 0.335 e. The van der Waals surface area contributed by atoms with E-state index < -0.39 is 23.2 Å². The summed E-state index contributed by atoms with van der Waals surface area (Å²) >= 11 is 0. The Hall–Kier alpha value is -3.94. The Bertz CT molecular complexity index is 1270. The van der Waals surface area contributed by atoms with E-state index in [-0.39, 0.29) is 23.6 Å². The fourth-order valence-corrected chi connectivity index (χ4v) is 3.71. The standard InChI is InChI=1S/C22H20N4O4/c1-13-8-6-7-11-17(13)25-21(29)19(20(28)23-22(25)30)16-12-18(26(24-16)14(2)27)15-9-4-3-5-10-15/h3-11,18,29H,12H2,1-2H3,(H,23,28,30)/t18-/m1/s1. The van der Waals surface area contributed by atoms with E-state index in [1.165, 1.54) is 11.9 Å². The van der Waals surface area contributed by atoms with Crippen molar-refractivity contribution in [2.24, 2.45) is 5.10 Å². The number of rotatable bonds is 3. The third kappa shape index (κ3) is 3.22. The zero-order chi connectivity index (χ0) is 21.4. The Morgan fingerprint density at radius 1 is 1.10 bits per heavy atom. The molecule has 0 spiro atoms. The zero-order valence-electron chi connectivity index (χ0n) is 16.5. The molecule has 4 rings (SSSR count). The van der Waals surface area contributed by atoms with Gasteiger partial charge in [0.25, 0.3) is 5.56 Å². The van der Waals surface area contributed by atoms with E-state index in [0.717, 1.165) is 15.7 Å². The lowest BCUT2D eigenvalue weighted by molar-refractivity contribution is -0.130. The first kappa shape index (κ1) is 19.4. The number of aromatic amines is 1. The van der Waals surface area contributed by atoms with Crippen molar-refractivity contribution in [1.82, 2.24) is 14.6 Å². The van der Waals surface area contributed by atoms with Crippen LogP contribution < -0.4 is 11.2 Å². The monoisotopic (exact) mass is 404 g/mol. The van der Waals surface area contributed by atoms with Gasteiger partial charge < -0.3 is 5.11 Å². The molecule has 2 heterocycles. The number of carbonyl (C=O) groups is 1. The number of carbonyl (C=O) groups excluding carboxylic acids is 1. The number of aryl methyl sites for hydroxylation is 1. The summed E-state index contributed by atoms with van der Waals surface area (Å²) in [4.78, 5) is 39.5. The van der Waals surface area contributed by atoms with E-state index in [0.29, 0.717) is 5.69 Å². The van der Waals surface area contributed by atoms with Crippen LogP contribution in [0, 0.1) is 6.92 Å². The van der Waals surface area contributed by atoms with E-state index in [1.807, 2.05) is 36.4 Å². The molecule has 0 bridgehead atoms. The average molecular weight is 404 g/mol. The van der Waals surface area contributed by atoms with Gasteiger partial charge >= 0.3 is 5.69 Å². The highest BCUT2D eigenvalue weighted by Gasteiger charge is 2.34. The Morgan fingerprint density at radius 2 is 1.77 bits per heavy atom. The Morgan fingerprint density at radius 3 is 2.43 bits per heavy atom. The molecule has 30 heavy (non-hydrogen) atoms. The number of benzene rings is 2. The van der Waals surface area contributed by atoms with Crippen LogP contribution in [0.3, 0.4) is 0 Å². The second kappa shape index (κ2) is 7.47.